The van der Waals surface area contributed by atoms with Gasteiger partial charge < -0.3 is 10.1 Å². The molecule has 2 heteroatoms. The molecule has 0 radical (unpaired) electrons. The molecule has 1 N–H and O–H groups in total. The van der Waals surface area contributed by atoms with Gasteiger partial charge in [0.1, 0.15) is 11.4 Å². The standard InChI is InChI=1S/C16H25NO/c1-5-10-17-14-11-16(4,12(2)3)18-15-9-7-6-8-13(14)15/h6-9,12,14,17H,5,10-11H2,1-4H3. The number of nitrogens with one attached hydrogen (secondary N) is 1. The molecule has 2 nitrogen and oxygen atoms in total. The van der Waals surface area contributed by atoms with Crippen molar-refractivity contribution >= 4 is 0 Å². The van der Waals surface area contributed by atoms with Gasteiger partial charge in [0, 0.05) is 18.0 Å². The summed E-state index contributed by atoms with van der Waals surface area (Å²) < 4.78 is 6.25. The quantitative estimate of drug-likeness (QED) is 0.870. The van der Waals surface area contributed by atoms with Gasteiger partial charge >= 0.3 is 0 Å². The summed E-state index contributed by atoms with van der Waals surface area (Å²) >= 11 is 0. The summed E-state index contributed by atoms with van der Waals surface area (Å²) in [6.45, 7) is 9.98. The molecule has 1 aliphatic heterocycles. The van der Waals surface area contributed by atoms with Crippen LogP contribution < -0.4 is 10.1 Å². The third kappa shape index (κ3) is 2.54. The smallest absolute Gasteiger partial charge is 0.124 e. The fourth-order valence-electron chi connectivity index (χ4n) is 2.52. The van der Waals surface area contributed by atoms with Gasteiger partial charge in [0.25, 0.3) is 0 Å². The normalized spacial score (nSPS) is 26.8. The highest BCUT2D eigenvalue weighted by molar-refractivity contribution is 5.38. The SMILES string of the molecule is CCCNC1CC(C)(C(C)C)Oc2ccccc21. The molecule has 2 atom stereocenters. The van der Waals surface area contributed by atoms with Crippen LogP contribution in [0.4, 0.5) is 0 Å². The highest BCUT2D eigenvalue weighted by atomic mass is 16.5. The van der Waals surface area contributed by atoms with Crippen LogP contribution in [0.15, 0.2) is 24.3 Å². The topological polar surface area (TPSA) is 21.3 Å². The van der Waals surface area contributed by atoms with Crippen LogP contribution in [-0.2, 0) is 0 Å². The lowest BCUT2D eigenvalue weighted by Crippen LogP contribution is -2.45. The Morgan fingerprint density at radius 3 is 2.78 bits per heavy atom. The Bertz CT molecular complexity index is 402. The predicted molar refractivity (Wildman–Crippen MR) is 76.0 cm³/mol. The van der Waals surface area contributed by atoms with E-state index >= 15 is 0 Å². The molecule has 1 aliphatic rings. The molecule has 1 heterocycles. The second-order valence-corrected chi connectivity index (χ2v) is 5.82. The molecule has 2 rings (SSSR count). The molecular formula is C16H25NO. The molecular weight excluding hydrogens is 222 g/mol. The van der Waals surface area contributed by atoms with Gasteiger partial charge in [0.05, 0.1) is 0 Å². The Balaban J connectivity index is 2.29. The van der Waals surface area contributed by atoms with Crippen LogP contribution in [0, 0.1) is 5.92 Å². The van der Waals surface area contributed by atoms with Crippen LogP contribution in [0.5, 0.6) is 5.75 Å². The van der Waals surface area contributed by atoms with Crippen molar-refractivity contribution in [2.75, 3.05) is 6.54 Å². The van der Waals surface area contributed by atoms with E-state index in [9.17, 15) is 0 Å². The summed E-state index contributed by atoms with van der Waals surface area (Å²) in [6.07, 6.45) is 2.21. The average molecular weight is 247 g/mol. The first-order valence-corrected chi connectivity index (χ1v) is 7.08. The van der Waals surface area contributed by atoms with Crippen LogP contribution in [0.25, 0.3) is 0 Å². The third-order valence-corrected chi connectivity index (χ3v) is 4.11. The lowest BCUT2D eigenvalue weighted by molar-refractivity contribution is 0.00593. The summed E-state index contributed by atoms with van der Waals surface area (Å²) in [4.78, 5) is 0. The Hall–Kier alpha value is -1.02. The number of rotatable bonds is 4. The third-order valence-electron chi connectivity index (χ3n) is 4.11. The summed E-state index contributed by atoms with van der Waals surface area (Å²) in [5, 5.41) is 3.66. The molecule has 0 bridgehead atoms. The maximum atomic E-state index is 6.25. The Labute approximate surface area is 111 Å². The fraction of sp³-hybridized carbons (Fsp3) is 0.625. The largest absolute Gasteiger partial charge is 0.487 e. The van der Waals surface area contributed by atoms with Gasteiger partial charge in [-0.3, -0.25) is 0 Å². The van der Waals surface area contributed by atoms with E-state index in [-0.39, 0.29) is 5.60 Å². The number of hydrogen-bond donors (Lipinski definition) is 1. The maximum Gasteiger partial charge on any atom is 0.124 e. The monoisotopic (exact) mass is 247 g/mol. The van der Waals surface area contributed by atoms with Crippen molar-refractivity contribution in [2.24, 2.45) is 5.92 Å². The van der Waals surface area contributed by atoms with Crippen molar-refractivity contribution < 1.29 is 4.74 Å². The number of hydrogen-bond acceptors (Lipinski definition) is 2. The zero-order valence-electron chi connectivity index (χ0n) is 12.0. The van der Waals surface area contributed by atoms with Gasteiger partial charge in [-0.2, -0.15) is 0 Å². The first-order chi connectivity index (χ1) is 8.57. The average Bonchev–Trinajstić information content (AvgIpc) is 2.35. The molecule has 1 aromatic carbocycles. The van der Waals surface area contributed by atoms with Crippen LogP contribution in [0.2, 0.25) is 0 Å². The van der Waals surface area contributed by atoms with Gasteiger partial charge in [-0.25, -0.2) is 0 Å². The van der Waals surface area contributed by atoms with Gasteiger partial charge in [-0.15, -0.1) is 0 Å². The van der Waals surface area contributed by atoms with Crippen molar-refractivity contribution in [3.8, 4) is 5.75 Å². The summed E-state index contributed by atoms with van der Waals surface area (Å²) in [5.74, 6) is 1.56. The number of ether oxygens (including phenoxy) is 1. The number of benzene rings is 1. The van der Waals surface area contributed by atoms with Gasteiger partial charge in [-0.05, 0) is 31.9 Å². The van der Waals surface area contributed by atoms with E-state index in [4.69, 9.17) is 4.74 Å². The van der Waals surface area contributed by atoms with Crippen molar-refractivity contribution in [3.05, 3.63) is 29.8 Å². The van der Waals surface area contributed by atoms with Crippen molar-refractivity contribution in [2.45, 2.75) is 52.2 Å². The van der Waals surface area contributed by atoms with E-state index < -0.39 is 0 Å². The van der Waals surface area contributed by atoms with E-state index in [0.29, 0.717) is 12.0 Å². The minimum Gasteiger partial charge on any atom is -0.487 e. The minimum atomic E-state index is -0.0697. The van der Waals surface area contributed by atoms with E-state index in [2.05, 4.69) is 57.3 Å². The Morgan fingerprint density at radius 1 is 1.39 bits per heavy atom. The molecule has 0 saturated heterocycles. The second-order valence-electron chi connectivity index (χ2n) is 5.82. The highest BCUT2D eigenvalue weighted by Crippen LogP contribution is 2.42. The molecule has 2 unspecified atom stereocenters. The first-order valence-electron chi connectivity index (χ1n) is 7.08. The summed E-state index contributed by atoms with van der Waals surface area (Å²) in [6, 6.07) is 8.85. The molecule has 0 aromatic heterocycles. The second kappa shape index (κ2) is 5.31. The van der Waals surface area contributed by atoms with Crippen LogP contribution in [-0.4, -0.2) is 12.1 Å². The Kier molecular flexibility index (Phi) is 3.96. The molecule has 0 aliphatic carbocycles. The van der Waals surface area contributed by atoms with E-state index in [0.717, 1.165) is 25.1 Å². The Morgan fingerprint density at radius 2 is 2.11 bits per heavy atom. The van der Waals surface area contributed by atoms with Crippen LogP contribution in [0.1, 0.15) is 52.1 Å². The molecule has 0 fully saturated rings. The van der Waals surface area contributed by atoms with Crippen LogP contribution in [0.3, 0.4) is 0 Å². The minimum absolute atomic E-state index is 0.0697. The predicted octanol–water partition coefficient (Wildman–Crippen LogP) is 3.92. The van der Waals surface area contributed by atoms with Crippen molar-refractivity contribution in [3.63, 3.8) is 0 Å². The number of fused-ring (bicyclic) bond motifs is 1. The molecule has 0 spiro atoms. The van der Waals surface area contributed by atoms with Crippen molar-refractivity contribution in [1.29, 1.82) is 0 Å². The molecule has 0 amide bonds. The summed E-state index contributed by atoms with van der Waals surface area (Å²) in [7, 11) is 0. The fourth-order valence-corrected chi connectivity index (χ4v) is 2.52. The van der Waals surface area contributed by atoms with E-state index in [1.807, 2.05) is 0 Å². The van der Waals surface area contributed by atoms with E-state index in [1.54, 1.807) is 0 Å². The molecule has 100 valence electrons. The first kappa shape index (κ1) is 13.4. The highest BCUT2D eigenvalue weighted by Gasteiger charge is 2.39. The molecule has 0 saturated carbocycles. The lowest BCUT2D eigenvalue weighted by atomic mass is 9.81. The number of para-hydroxylation sites is 1. The van der Waals surface area contributed by atoms with Gasteiger partial charge in [0.15, 0.2) is 0 Å². The zero-order valence-corrected chi connectivity index (χ0v) is 12.0. The van der Waals surface area contributed by atoms with Gasteiger partial charge in [-0.1, -0.05) is 39.0 Å². The maximum absolute atomic E-state index is 6.25. The lowest BCUT2D eigenvalue weighted by Gasteiger charge is -2.43. The van der Waals surface area contributed by atoms with Gasteiger partial charge in [0.2, 0.25) is 0 Å². The molecule has 1 aromatic rings. The summed E-state index contributed by atoms with van der Waals surface area (Å²) in [5.41, 5.74) is 1.24. The molecule has 18 heavy (non-hydrogen) atoms. The van der Waals surface area contributed by atoms with Crippen molar-refractivity contribution in [1.82, 2.24) is 5.32 Å². The van der Waals surface area contributed by atoms with Crippen LogP contribution >= 0.6 is 0 Å². The van der Waals surface area contributed by atoms with E-state index in [1.165, 1.54) is 5.56 Å². The zero-order chi connectivity index (χ0) is 13.2.